The van der Waals surface area contributed by atoms with Gasteiger partial charge in [0.15, 0.2) is 11.5 Å². The number of benzene rings is 1. The van der Waals surface area contributed by atoms with Crippen LogP contribution in [0.25, 0.3) is 6.08 Å². The van der Waals surface area contributed by atoms with Crippen molar-refractivity contribution in [3.8, 4) is 11.5 Å². The summed E-state index contributed by atoms with van der Waals surface area (Å²) in [6, 6.07) is 3.11. The number of phenols is 1. The Morgan fingerprint density at radius 1 is 1.50 bits per heavy atom. The number of rotatable bonds is 3. The number of methoxy groups -OCH3 is 1. The van der Waals surface area contributed by atoms with Gasteiger partial charge in [-0.05, 0) is 6.07 Å². The van der Waals surface area contributed by atoms with E-state index in [0.29, 0.717) is 16.3 Å². The summed E-state index contributed by atoms with van der Waals surface area (Å²) in [7, 11) is 1.45. The third-order valence-electron chi connectivity index (χ3n) is 1.69. The van der Waals surface area contributed by atoms with E-state index >= 15 is 0 Å². The van der Waals surface area contributed by atoms with E-state index in [4.69, 9.17) is 21.4 Å². The summed E-state index contributed by atoms with van der Waals surface area (Å²) in [5.74, 6) is 0.330. The molecule has 1 aromatic carbocycles. The number of aliphatic hydroxyl groups is 1. The van der Waals surface area contributed by atoms with E-state index in [1.807, 2.05) is 0 Å². The highest BCUT2D eigenvalue weighted by molar-refractivity contribution is 6.31. The van der Waals surface area contributed by atoms with Crippen LogP contribution in [0.2, 0.25) is 5.02 Å². The Kier molecular flexibility index (Phi) is 3.80. The van der Waals surface area contributed by atoms with Gasteiger partial charge in [0, 0.05) is 16.7 Å². The molecule has 0 aliphatic heterocycles. The Morgan fingerprint density at radius 3 is 2.79 bits per heavy atom. The van der Waals surface area contributed by atoms with Crippen LogP contribution in [-0.2, 0) is 0 Å². The molecule has 1 aromatic rings. The van der Waals surface area contributed by atoms with Gasteiger partial charge in [0.25, 0.3) is 0 Å². The smallest absolute Gasteiger partial charge is 0.165 e. The summed E-state index contributed by atoms with van der Waals surface area (Å²) in [4.78, 5) is 0. The van der Waals surface area contributed by atoms with E-state index in [0.717, 1.165) is 0 Å². The molecule has 1 rings (SSSR count). The summed E-state index contributed by atoms with van der Waals surface area (Å²) in [5, 5.41) is 18.7. The van der Waals surface area contributed by atoms with Gasteiger partial charge in [-0.2, -0.15) is 0 Å². The predicted molar refractivity (Wildman–Crippen MR) is 55.8 cm³/mol. The normalized spacial score (nSPS) is 10.8. The third-order valence-corrected chi connectivity index (χ3v) is 1.91. The average Bonchev–Trinajstić information content (AvgIpc) is 2.18. The summed E-state index contributed by atoms with van der Waals surface area (Å²) in [5.41, 5.74) is 0.517. The van der Waals surface area contributed by atoms with E-state index in [1.165, 1.54) is 19.3 Å². The minimum Gasteiger partial charge on any atom is -0.504 e. The van der Waals surface area contributed by atoms with Crippen LogP contribution < -0.4 is 4.74 Å². The summed E-state index contributed by atoms with van der Waals surface area (Å²) in [6.45, 7) is -0.0890. The van der Waals surface area contributed by atoms with Crippen molar-refractivity contribution in [2.24, 2.45) is 0 Å². The van der Waals surface area contributed by atoms with Crippen LogP contribution in [0.5, 0.6) is 11.5 Å². The number of aliphatic hydroxyl groups excluding tert-OH is 1. The van der Waals surface area contributed by atoms with Crippen LogP contribution in [0.15, 0.2) is 18.2 Å². The van der Waals surface area contributed by atoms with E-state index in [-0.39, 0.29) is 12.4 Å². The molecule has 0 saturated carbocycles. The molecule has 0 atom stereocenters. The van der Waals surface area contributed by atoms with Crippen LogP contribution in [0, 0.1) is 0 Å². The molecule has 0 saturated heterocycles. The van der Waals surface area contributed by atoms with E-state index in [9.17, 15) is 5.11 Å². The van der Waals surface area contributed by atoms with Crippen LogP contribution in [0.4, 0.5) is 0 Å². The molecule has 0 amide bonds. The van der Waals surface area contributed by atoms with Crippen molar-refractivity contribution in [3.63, 3.8) is 0 Å². The second-order valence-electron chi connectivity index (χ2n) is 2.63. The summed E-state index contributed by atoms with van der Waals surface area (Å²) in [6.07, 6.45) is 3.08. The molecule has 0 aliphatic rings. The molecule has 76 valence electrons. The second kappa shape index (κ2) is 4.88. The molecular weight excluding hydrogens is 204 g/mol. The van der Waals surface area contributed by atoms with Gasteiger partial charge >= 0.3 is 0 Å². The number of aromatic hydroxyl groups is 1. The van der Waals surface area contributed by atoms with Crippen LogP contribution in [-0.4, -0.2) is 23.9 Å². The monoisotopic (exact) mass is 214 g/mol. The minimum atomic E-state index is -0.0890. The zero-order valence-corrected chi connectivity index (χ0v) is 8.45. The lowest BCUT2D eigenvalue weighted by Crippen LogP contribution is -1.86. The van der Waals surface area contributed by atoms with Crippen molar-refractivity contribution in [1.82, 2.24) is 0 Å². The Labute approximate surface area is 87.2 Å². The zero-order valence-electron chi connectivity index (χ0n) is 7.70. The molecule has 2 N–H and O–H groups in total. The van der Waals surface area contributed by atoms with E-state index in [2.05, 4.69) is 0 Å². The fourth-order valence-electron chi connectivity index (χ4n) is 1.06. The van der Waals surface area contributed by atoms with Crippen LogP contribution >= 0.6 is 11.6 Å². The third kappa shape index (κ3) is 2.40. The topological polar surface area (TPSA) is 49.7 Å². The first kappa shape index (κ1) is 10.9. The van der Waals surface area contributed by atoms with Gasteiger partial charge in [-0.3, -0.25) is 0 Å². The molecular formula is C10H11ClO3. The maximum Gasteiger partial charge on any atom is 0.165 e. The Hall–Kier alpha value is -1.19. The van der Waals surface area contributed by atoms with Gasteiger partial charge in [0.05, 0.1) is 13.7 Å². The van der Waals surface area contributed by atoms with Gasteiger partial charge in [-0.1, -0.05) is 23.8 Å². The minimum absolute atomic E-state index is 0.0154. The summed E-state index contributed by atoms with van der Waals surface area (Å²) >= 11 is 5.79. The predicted octanol–water partition coefficient (Wildman–Crippen LogP) is 2.06. The molecule has 3 nitrogen and oxygen atoms in total. The molecule has 0 aromatic heterocycles. The second-order valence-corrected chi connectivity index (χ2v) is 3.07. The molecule has 0 spiro atoms. The first-order valence-corrected chi connectivity index (χ1v) is 4.40. The van der Waals surface area contributed by atoms with Crippen molar-refractivity contribution in [3.05, 3.63) is 28.8 Å². The van der Waals surface area contributed by atoms with Gasteiger partial charge in [0.2, 0.25) is 0 Å². The van der Waals surface area contributed by atoms with E-state index in [1.54, 1.807) is 12.1 Å². The molecule has 0 radical (unpaired) electrons. The highest BCUT2D eigenvalue weighted by atomic mass is 35.5. The lowest BCUT2D eigenvalue weighted by molar-refractivity contribution is 0.343. The van der Waals surface area contributed by atoms with Gasteiger partial charge in [-0.25, -0.2) is 0 Å². The maximum atomic E-state index is 9.62. The van der Waals surface area contributed by atoms with Gasteiger partial charge in [-0.15, -0.1) is 0 Å². The van der Waals surface area contributed by atoms with Gasteiger partial charge in [0.1, 0.15) is 0 Å². The number of hydrogen-bond donors (Lipinski definition) is 2. The van der Waals surface area contributed by atoms with Crippen molar-refractivity contribution >= 4 is 17.7 Å². The average molecular weight is 215 g/mol. The summed E-state index contributed by atoms with van der Waals surface area (Å²) < 4.78 is 4.92. The Morgan fingerprint density at radius 2 is 2.21 bits per heavy atom. The number of ether oxygens (including phenoxy) is 1. The molecule has 0 aliphatic carbocycles. The van der Waals surface area contributed by atoms with Crippen molar-refractivity contribution in [2.45, 2.75) is 0 Å². The van der Waals surface area contributed by atoms with Crippen LogP contribution in [0.1, 0.15) is 5.56 Å². The van der Waals surface area contributed by atoms with Gasteiger partial charge < -0.3 is 14.9 Å². The Balaban J connectivity index is 3.15. The molecule has 0 unspecified atom stereocenters. The maximum absolute atomic E-state index is 9.62. The molecule has 14 heavy (non-hydrogen) atoms. The number of hydrogen-bond acceptors (Lipinski definition) is 3. The molecule has 4 heteroatoms. The standard InChI is InChI=1S/C10H11ClO3/c1-14-9-6-8(11)5-7(10(9)13)3-2-4-12/h2-3,5-6,12-13H,4H2,1H3/b3-2+. The number of phenolic OH excluding ortho intramolecular Hbond substituents is 1. The Bertz CT molecular complexity index is 347. The lowest BCUT2D eigenvalue weighted by Gasteiger charge is -2.06. The first-order valence-electron chi connectivity index (χ1n) is 4.03. The van der Waals surface area contributed by atoms with Crippen molar-refractivity contribution < 1.29 is 14.9 Å². The zero-order chi connectivity index (χ0) is 10.6. The largest absolute Gasteiger partial charge is 0.504 e. The van der Waals surface area contributed by atoms with E-state index < -0.39 is 0 Å². The highest BCUT2D eigenvalue weighted by Gasteiger charge is 2.06. The molecule has 0 fully saturated rings. The van der Waals surface area contributed by atoms with Crippen molar-refractivity contribution in [1.29, 1.82) is 0 Å². The van der Waals surface area contributed by atoms with Crippen LogP contribution in [0.3, 0.4) is 0 Å². The SMILES string of the molecule is COc1cc(Cl)cc(/C=C/CO)c1O. The molecule has 0 heterocycles. The number of halogens is 1. The molecule has 0 bridgehead atoms. The highest BCUT2D eigenvalue weighted by Crippen LogP contribution is 2.33. The quantitative estimate of drug-likeness (QED) is 0.810. The van der Waals surface area contributed by atoms with Crippen molar-refractivity contribution in [2.75, 3.05) is 13.7 Å². The fraction of sp³-hybridized carbons (Fsp3) is 0.200. The first-order chi connectivity index (χ1) is 6.69. The lowest BCUT2D eigenvalue weighted by atomic mass is 10.1. The fourth-order valence-corrected chi connectivity index (χ4v) is 1.27.